The van der Waals surface area contributed by atoms with Crippen LogP contribution in [0.4, 0.5) is 0 Å². The van der Waals surface area contributed by atoms with Gasteiger partial charge in [-0.3, -0.25) is 9.59 Å². The van der Waals surface area contributed by atoms with Crippen LogP contribution in [0, 0.1) is 13.8 Å². The molecule has 2 rings (SSSR count). The summed E-state index contributed by atoms with van der Waals surface area (Å²) in [7, 11) is 0. The van der Waals surface area contributed by atoms with Crippen molar-refractivity contribution in [3.05, 3.63) is 28.8 Å². The summed E-state index contributed by atoms with van der Waals surface area (Å²) in [6, 6.07) is 3.53. The molecule has 0 aliphatic carbocycles. The van der Waals surface area contributed by atoms with E-state index in [0.717, 1.165) is 28.5 Å². The number of carboxylic acids is 1. The molecular weight excluding hydrogens is 306 g/mol. The zero-order valence-corrected chi connectivity index (χ0v) is 12.8. The molecule has 7 nitrogen and oxygen atoms in total. The van der Waals surface area contributed by atoms with Crippen LogP contribution in [-0.2, 0) is 9.59 Å². The van der Waals surface area contributed by atoms with Gasteiger partial charge in [0.25, 0.3) is 0 Å². The number of phenols is 1. The predicted octanol–water partition coefficient (Wildman–Crippen LogP) is 1.41. The number of aliphatic carboxylic acids is 1. The summed E-state index contributed by atoms with van der Waals surface area (Å²) in [5, 5.41) is 28.2. The summed E-state index contributed by atoms with van der Waals surface area (Å²) in [4.78, 5) is 22.1. The summed E-state index contributed by atoms with van der Waals surface area (Å²) in [5.74, 6) is -1.16. The molecule has 116 valence electrons. The van der Waals surface area contributed by atoms with Crippen molar-refractivity contribution in [3.63, 3.8) is 0 Å². The van der Waals surface area contributed by atoms with Crippen molar-refractivity contribution in [3.8, 4) is 5.75 Å². The number of hydrogen-bond acceptors (Lipinski definition) is 6. The minimum absolute atomic E-state index is 0.249. The minimum atomic E-state index is -1.03. The highest BCUT2D eigenvalue weighted by atomic mass is 32.2. The van der Waals surface area contributed by atoms with E-state index in [9.17, 15) is 14.7 Å². The van der Waals surface area contributed by atoms with E-state index in [1.807, 2.05) is 0 Å². The van der Waals surface area contributed by atoms with Crippen molar-refractivity contribution in [2.75, 3.05) is 0 Å². The van der Waals surface area contributed by atoms with Crippen LogP contribution in [-0.4, -0.2) is 38.7 Å². The smallest absolute Gasteiger partial charge is 0.305 e. The molecule has 1 fully saturated rings. The fourth-order valence-electron chi connectivity index (χ4n) is 1.96. The van der Waals surface area contributed by atoms with Gasteiger partial charge in [0.15, 0.2) is 5.17 Å². The standard InChI is InChI=1S/C14H15N3O4S/c1-7-3-9(4-8(2)12(7)20)6-15-17-14-16-13(21)10(22-14)5-11(18)19/h3-4,6,10,20H,5H2,1-2H3,(H,18,19)(H,16,17,21). The first-order valence-electron chi connectivity index (χ1n) is 6.47. The maximum Gasteiger partial charge on any atom is 0.305 e. The molecule has 1 aliphatic heterocycles. The molecule has 0 aromatic heterocycles. The van der Waals surface area contributed by atoms with Gasteiger partial charge in [-0.2, -0.15) is 5.10 Å². The highest BCUT2D eigenvalue weighted by molar-refractivity contribution is 8.15. The molecule has 0 saturated carbocycles. The third-order valence-corrected chi connectivity index (χ3v) is 4.08. The zero-order valence-electron chi connectivity index (χ0n) is 12.0. The van der Waals surface area contributed by atoms with E-state index in [2.05, 4.69) is 15.5 Å². The van der Waals surface area contributed by atoms with Crippen LogP contribution < -0.4 is 5.32 Å². The predicted molar refractivity (Wildman–Crippen MR) is 84.4 cm³/mol. The Hall–Kier alpha value is -2.35. The number of nitrogens with one attached hydrogen (secondary N) is 1. The Balaban J connectivity index is 2.06. The van der Waals surface area contributed by atoms with Gasteiger partial charge in [0.1, 0.15) is 11.0 Å². The molecule has 8 heteroatoms. The van der Waals surface area contributed by atoms with Crippen LogP contribution in [0.15, 0.2) is 22.3 Å². The molecule has 1 aromatic carbocycles. The number of rotatable bonds is 4. The first-order valence-corrected chi connectivity index (χ1v) is 7.35. The molecule has 0 radical (unpaired) electrons. The number of thioether (sulfide) groups is 1. The number of carboxylic acid groups (broad SMARTS) is 1. The Morgan fingerprint density at radius 2 is 2.05 bits per heavy atom. The molecule has 1 heterocycles. The second kappa shape index (κ2) is 6.61. The number of amidine groups is 1. The molecule has 1 saturated heterocycles. The van der Waals surface area contributed by atoms with Crippen LogP contribution in [0.1, 0.15) is 23.1 Å². The molecule has 1 aromatic rings. The van der Waals surface area contributed by atoms with E-state index in [1.54, 1.807) is 26.0 Å². The lowest BCUT2D eigenvalue weighted by Crippen LogP contribution is -2.26. The quantitative estimate of drug-likeness (QED) is 0.573. The van der Waals surface area contributed by atoms with Crippen molar-refractivity contribution < 1.29 is 19.8 Å². The van der Waals surface area contributed by atoms with Gasteiger partial charge in [0.05, 0.1) is 12.6 Å². The Kier molecular flexibility index (Phi) is 4.81. The molecule has 22 heavy (non-hydrogen) atoms. The highest BCUT2D eigenvalue weighted by Crippen LogP contribution is 2.23. The lowest BCUT2D eigenvalue weighted by atomic mass is 10.1. The lowest BCUT2D eigenvalue weighted by Gasteiger charge is -2.03. The molecular formula is C14H15N3O4S. The van der Waals surface area contributed by atoms with Gasteiger partial charge in [-0.1, -0.05) is 11.8 Å². The maximum absolute atomic E-state index is 11.5. The highest BCUT2D eigenvalue weighted by Gasteiger charge is 2.32. The molecule has 1 atom stereocenters. The second-order valence-electron chi connectivity index (χ2n) is 4.85. The largest absolute Gasteiger partial charge is 0.507 e. The SMILES string of the molecule is Cc1cc(C=NN=C2NC(=O)C(CC(=O)O)S2)cc(C)c1O. The van der Waals surface area contributed by atoms with Gasteiger partial charge in [-0.05, 0) is 42.7 Å². The summed E-state index contributed by atoms with van der Waals surface area (Å²) in [5.41, 5.74) is 2.24. The third kappa shape index (κ3) is 3.85. The van der Waals surface area contributed by atoms with Crippen LogP contribution in [0.25, 0.3) is 0 Å². The summed E-state index contributed by atoms with van der Waals surface area (Å²) < 4.78 is 0. The minimum Gasteiger partial charge on any atom is -0.507 e. The zero-order chi connectivity index (χ0) is 16.3. The van der Waals surface area contributed by atoms with Crippen LogP contribution in [0.5, 0.6) is 5.75 Å². The molecule has 0 bridgehead atoms. The summed E-state index contributed by atoms with van der Waals surface area (Å²) in [6.07, 6.45) is 1.25. The average Bonchev–Trinajstić information content (AvgIpc) is 2.75. The van der Waals surface area contributed by atoms with Crippen molar-refractivity contribution in [2.24, 2.45) is 10.2 Å². The van der Waals surface area contributed by atoms with Crippen molar-refractivity contribution in [2.45, 2.75) is 25.5 Å². The van der Waals surface area contributed by atoms with Crippen molar-refractivity contribution in [1.82, 2.24) is 5.32 Å². The second-order valence-corrected chi connectivity index (χ2v) is 6.04. The Morgan fingerprint density at radius 1 is 1.41 bits per heavy atom. The Labute approximate surface area is 131 Å². The topological polar surface area (TPSA) is 111 Å². The Morgan fingerprint density at radius 3 is 2.64 bits per heavy atom. The van der Waals surface area contributed by atoms with Gasteiger partial charge in [-0.15, -0.1) is 5.10 Å². The van der Waals surface area contributed by atoms with Gasteiger partial charge in [-0.25, -0.2) is 0 Å². The molecule has 1 unspecified atom stereocenters. The van der Waals surface area contributed by atoms with Crippen molar-refractivity contribution >= 4 is 35.0 Å². The van der Waals surface area contributed by atoms with Crippen LogP contribution in [0.2, 0.25) is 0 Å². The first-order chi connectivity index (χ1) is 10.4. The van der Waals surface area contributed by atoms with E-state index in [-0.39, 0.29) is 23.2 Å². The lowest BCUT2D eigenvalue weighted by molar-refractivity contribution is -0.138. The number of carbonyl (C=O) groups is 2. The van der Waals surface area contributed by atoms with E-state index in [1.165, 1.54) is 6.21 Å². The number of aromatic hydroxyl groups is 1. The number of phenolic OH excluding ortho intramolecular Hbond substituents is 1. The van der Waals surface area contributed by atoms with Gasteiger partial charge < -0.3 is 15.5 Å². The number of amides is 1. The molecule has 3 N–H and O–H groups in total. The monoisotopic (exact) mass is 321 g/mol. The number of nitrogens with zero attached hydrogens (tertiary/aromatic N) is 2. The third-order valence-electron chi connectivity index (χ3n) is 3.01. The number of hydrogen-bond donors (Lipinski definition) is 3. The molecule has 0 spiro atoms. The van der Waals surface area contributed by atoms with Crippen LogP contribution in [0.3, 0.4) is 0 Å². The summed E-state index contributed by atoms with van der Waals surface area (Å²) >= 11 is 1.05. The number of carbonyl (C=O) groups excluding carboxylic acids is 1. The molecule has 1 amide bonds. The van der Waals surface area contributed by atoms with E-state index >= 15 is 0 Å². The fraction of sp³-hybridized carbons (Fsp3) is 0.286. The number of benzene rings is 1. The van der Waals surface area contributed by atoms with Gasteiger partial charge in [0.2, 0.25) is 5.91 Å². The number of aryl methyl sites for hydroxylation is 2. The van der Waals surface area contributed by atoms with Gasteiger partial charge >= 0.3 is 5.97 Å². The van der Waals surface area contributed by atoms with Crippen LogP contribution >= 0.6 is 11.8 Å². The van der Waals surface area contributed by atoms with Crippen molar-refractivity contribution in [1.29, 1.82) is 0 Å². The molecule has 1 aliphatic rings. The van der Waals surface area contributed by atoms with E-state index < -0.39 is 11.2 Å². The van der Waals surface area contributed by atoms with E-state index in [0.29, 0.717) is 0 Å². The average molecular weight is 321 g/mol. The Bertz CT molecular complexity index is 662. The first kappa shape index (κ1) is 16.0. The van der Waals surface area contributed by atoms with Gasteiger partial charge in [0, 0.05) is 0 Å². The normalized spacial score (nSPS) is 19.8. The maximum atomic E-state index is 11.5. The van der Waals surface area contributed by atoms with E-state index in [4.69, 9.17) is 5.11 Å². The fourth-order valence-corrected chi connectivity index (χ4v) is 2.87. The summed E-state index contributed by atoms with van der Waals surface area (Å²) in [6.45, 7) is 3.57.